The number of ketones is 1. The zero-order valence-corrected chi connectivity index (χ0v) is 18.1. The number of Topliss-reactive ketones (excluding diaryl/α,β-unsaturated/α-hetero) is 1. The molecule has 3 heterocycles. The lowest BCUT2D eigenvalue weighted by molar-refractivity contribution is -0.132. The van der Waals surface area contributed by atoms with Gasteiger partial charge in [-0.2, -0.15) is 0 Å². The van der Waals surface area contributed by atoms with E-state index in [-0.39, 0.29) is 17.4 Å². The normalized spacial score (nSPS) is 19.9. The van der Waals surface area contributed by atoms with Gasteiger partial charge in [0.2, 0.25) is 5.78 Å². The van der Waals surface area contributed by atoms with Gasteiger partial charge in [-0.25, -0.2) is 0 Å². The van der Waals surface area contributed by atoms with Crippen molar-refractivity contribution < 1.29 is 28.3 Å². The van der Waals surface area contributed by atoms with E-state index in [1.165, 1.54) is 7.11 Å². The van der Waals surface area contributed by atoms with Crippen LogP contribution in [0.3, 0.4) is 0 Å². The minimum atomic E-state index is -0.790. The molecule has 0 saturated heterocycles. The molecule has 1 N–H and O–H groups in total. The van der Waals surface area contributed by atoms with Gasteiger partial charge in [0.25, 0.3) is 5.91 Å². The molecule has 2 aliphatic rings. The van der Waals surface area contributed by atoms with E-state index in [1.54, 1.807) is 35.2 Å². The molecule has 1 amide bonds. The molecule has 1 aromatic carbocycles. The van der Waals surface area contributed by atoms with Crippen LogP contribution in [0, 0.1) is 6.92 Å². The van der Waals surface area contributed by atoms with E-state index in [4.69, 9.17) is 13.6 Å². The SMILES string of the molecule is COc1cccc2cc(C(=O)C3=C(O)C(=O)N(C4CCCCC4)C3c3ccc(C)o3)oc12. The third kappa shape index (κ3) is 3.20. The van der Waals surface area contributed by atoms with Crippen molar-refractivity contribution in [2.75, 3.05) is 7.11 Å². The molecule has 32 heavy (non-hydrogen) atoms. The van der Waals surface area contributed by atoms with Gasteiger partial charge in [-0.15, -0.1) is 0 Å². The minimum Gasteiger partial charge on any atom is -0.503 e. The predicted octanol–water partition coefficient (Wildman–Crippen LogP) is 5.25. The number of nitrogens with zero attached hydrogens (tertiary/aromatic N) is 1. The fraction of sp³-hybridized carbons (Fsp3) is 0.360. The Bertz CT molecular complexity index is 1230. The summed E-state index contributed by atoms with van der Waals surface area (Å²) in [5, 5.41) is 11.6. The molecule has 1 fully saturated rings. The summed E-state index contributed by atoms with van der Waals surface area (Å²) in [6.45, 7) is 1.81. The first kappa shape index (κ1) is 20.4. The van der Waals surface area contributed by atoms with E-state index < -0.39 is 23.5 Å². The number of aryl methyl sites for hydroxylation is 1. The van der Waals surface area contributed by atoms with Crippen molar-refractivity contribution in [3.8, 4) is 5.75 Å². The number of rotatable bonds is 5. The van der Waals surface area contributed by atoms with Crippen LogP contribution in [0.5, 0.6) is 5.75 Å². The number of aliphatic hydroxyl groups excluding tert-OH is 1. The van der Waals surface area contributed by atoms with E-state index in [2.05, 4.69) is 0 Å². The van der Waals surface area contributed by atoms with Crippen LogP contribution in [0.25, 0.3) is 11.0 Å². The first-order chi connectivity index (χ1) is 15.5. The smallest absolute Gasteiger partial charge is 0.290 e. The first-order valence-corrected chi connectivity index (χ1v) is 10.9. The Labute approximate surface area is 185 Å². The van der Waals surface area contributed by atoms with E-state index in [9.17, 15) is 14.7 Å². The van der Waals surface area contributed by atoms with Crippen LogP contribution in [0.4, 0.5) is 0 Å². The highest BCUT2D eigenvalue weighted by Gasteiger charge is 2.48. The van der Waals surface area contributed by atoms with Crippen LogP contribution >= 0.6 is 0 Å². The standard InChI is InChI=1S/C25H25NO6/c1-14-11-12-17(31-14)21-20(23(28)25(29)26(21)16-8-4-3-5-9-16)22(27)19-13-15-7-6-10-18(30-2)24(15)32-19/h6-7,10-13,16,21,28H,3-5,8-9H2,1-2H3. The number of carbonyl (C=O) groups is 2. The van der Waals surface area contributed by atoms with E-state index >= 15 is 0 Å². The summed E-state index contributed by atoms with van der Waals surface area (Å²) >= 11 is 0. The molecule has 1 aliphatic carbocycles. The molecule has 1 aliphatic heterocycles. The molecule has 1 atom stereocenters. The van der Waals surface area contributed by atoms with Crippen LogP contribution < -0.4 is 4.74 Å². The van der Waals surface area contributed by atoms with Crippen molar-refractivity contribution in [1.29, 1.82) is 0 Å². The van der Waals surface area contributed by atoms with Gasteiger partial charge in [0.15, 0.2) is 22.9 Å². The minimum absolute atomic E-state index is 0.00653. The molecule has 7 heteroatoms. The molecule has 0 spiro atoms. The lowest BCUT2D eigenvalue weighted by Gasteiger charge is -2.35. The highest BCUT2D eigenvalue weighted by Crippen LogP contribution is 2.44. The van der Waals surface area contributed by atoms with Crippen LogP contribution in [-0.4, -0.2) is 34.8 Å². The molecule has 1 saturated carbocycles. The zero-order valence-electron chi connectivity index (χ0n) is 18.1. The number of methoxy groups -OCH3 is 1. The van der Waals surface area contributed by atoms with Gasteiger partial charge in [0.05, 0.1) is 12.7 Å². The van der Waals surface area contributed by atoms with Gasteiger partial charge in [0, 0.05) is 11.4 Å². The number of amides is 1. The maximum atomic E-state index is 13.6. The van der Waals surface area contributed by atoms with Gasteiger partial charge in [-0.1, -0.05) is 31.4 Å². The average Bonchev–Trinajstić information content (AvgIpc) is 3.50. The summed E-state index contributed by atoms with van der Waals surface area (Å²) in [5.74, 6) is 0.0682. The number of hydrogen-bond acceptors (Lipinski definition) is 6. The summed E-state index contributed by atoms with van der Waals surface area (Å²) in [5.41, 5.74) is 0.435. The summed E-state index contributed by atoms with van der Waals surface area (Å²) in [6.07, 6.45) is 4.80. The van der Waals surface area contributed by atoms with Crippen molar-refractivity contribution >= 4 is 22.7 Å². The van der Waals surface area contributed by atoms with Crippen LogP contribution in [-0.2, 0) is 4.79 Å². The summed E-state index contributed by atoms with van der Waals surface area (Å²) in [4.78, 5) is 28.4. The Morgan fingerprint density at radius 2 is 1.91 bits per heavy atom. The molecule has 0 radical (unpaired) electrons. The van der Waals surface area contributed by atoms with Gasteiger partial charge in [0.1, 0.15) is 17.6 Å². The monoisotopic (exact) mass is 435 g/mol. The largest absolute Gasteiger partial charge is 0.503 e. The fourth-order valence-corrected chi connectivity index (χ4v) is 4.91. The third-order valence-electron chi connectivity index (χ3n) is 6.44. The third-order valence-corrected chi connectivity index (χ3v) is 6.44. The highest BCUT2D eigenvalue weighted by molar-refractivity contribution is 6.16. The van der Waals surface area contributed by atoms with Crippen molar-refractivity contribution in [3.63, 3.8) is 0 Å². The van der Waals surface area contributed by atoms with Gasteiger partial charge in [-0.05, 0) is 44.0 Å². The predicted molar refractivity (Wildman–Crippen MR) is 117 cm³/mol. The number of carbonyl (C=O) groups excluding carboxylic acids is 2. The van der Waals surface area contributed by atoms with Crippen molar-refractivity contribution in [1.82, 2.24) is 4.90 Å². The number of ether oxygens (including phenoxy) is 1. The quantitative estimate of drug-likeness (QED) is 0.550. The van der Waals surface area contributed by atoms with Crippen molar-refractivity contribution in [2.45, 2.75) is 51.1 Å². The number of furan rings is 2. The number of benzene rings is 1. The molecule has 2 aromatic heterocycles. The fourth-order valence-electron chi connectivity index (χ4n) is 4.91. The summed E-state index contributed by atoms with van der Waals surface area (Å²) in [7, 11) is 1.53. The second-order valence-electron chi connectivity index (χ2n) is 8.44. The van der Waals surface area contributed by atoms with Crippen molar-refractivity contribution in [2.24, 2.45) is 0 Å². The Kier molecular flexibility index (Phi) is 5.04. The molecular formula is C25H25NO6. The molecular weight excluding hydrogens is 410 g/mol. The van der Waals surface area contributed by atoms with Gasteiger partial charge < -0.3 is 23.6 Å². The Hall–Kier alpha value is -3.48. The lowest BCUT2D eigenvalue weighted by Crippen LogP contribution is -2.41. The zero-order chi connectivity index (χ0) is 22.4. The molecule has 5 rings (SSSR count). The number of fused-ring (bicyclic) bond motifs is 1. The molecule has 1 unspecified atom stereocenters. The second kappa shape index (κ2) is 7.89. The number of aliphatic hydroxyl groups is 1. The van der Waals surface area contributed by atoms with E-state index in [0.29, 0.717) is 28.2 Å². The number of hydrogen-bond donors (Lipinski definition) is 1. The molecule has 0 bridgehead atoms. The maximum Gasteiger partial charge on any atom is 0.290 e. The lowest BCUT2D eigenvalue weighted by atomic mass is 9.92. The molecule has 7 nitrogen and oxygen atoms in total. The summed E-state index contributed by atoms with van der Waals surface area (Å²) < 4.78 is 17.0. The summed E-state index contributed by atoms with van der Waals surface area (Å²) in [6, 6.07) is 9.68. The van der Waals surface area contributed by atoms with Crippen LogP contribution in [0.1, 0.15) is 60.2 Å². The highest BCUT2D eigenvalue weighted by atomic mass is 16.5. The Morgan fingerprint density at radius 1 is 1.12 bits per heavy atom. The maximum absolute atomic E-state index is 13.6. The average molecular weight is 435 g/mol. The Balaban J connectivity index is 1.60. The molecule has 166 valence electrons. The molecule has 3 aromatic rings. The van der Waals surface area contributed by atoms with Crippen LogP contribution in [0.2, 0.25) is 0 Å². The topological polar surface area (TPSA) is 93.1 Å². The van der Waals surface area contributed by atoms with Gasteiger partial charge >= 0.3 is 0 Å². The van der Waals surface area contributed by atoms with E-state index in [1.807, 2.05) is 13.0 Å². The first-order valence-electron chi connectivity index (χ1n) is 10.9. The van der Waals surface area contributed by atoms with Crippen molar-refractivity contribution in [3.05, 3.63) is 65.0 Å². The van der Waals surface area contributed by atoms with Gasteiger partial charge in [-0.3, -0.25) is 9.59 Å². The number of para-hydroxylation sites is 1. The Morgan fingerprint density at radius 3 is 2.59 bits per heavy atom. The second-order valence-corrected chi connectivity index (χ2v) is 8.44. The van der Waals surface area contributed by atoms with E-state index in [0.717, 1.165) is 32.1 Å². The van der Waals surface area contributed by atoms with Crippen LogP contribution in [0.15, 0.2) is 56.6 Å².